The maximum absolute atomic E-state index is 12.7. The van der Waals surface area contributed by atoms with E-state index in [9.17, 15) is 34.2 Å². The first-order valence-corrected chi connectivity index (χ1v) is 11.6. The lowest BCUT2D eigenvalue weighted by Crippen LogP contribution is -2.58. The molecule has 0 bridgehead atoms. The third-order valence-corrected chi connectivity index (χ3v) is 5.03. The minimum absolute atomic E-state index is 0.0312. The van der Waals surface area contributed by atoms with E-state index < -0.39 is 66.8 Å². The van der Waals surface area contributed by atoms with Gasteiger partial charge >= 0.3 is 5.97 Å². The summed E-state index contributed by atoms with van der Waals surface area (Å²) in [5.41, 5.74) is 21.3. The maximum atomic E-state index is 12.7. The number of aliphatic hydroxyl groups is 1. The van der Waals surface area contributed by atoms with Crippen molar-refractivity contribution < 1.29 is 34.2 Å². The van der Waals surface area contributed by atoms with E-state index >= 15 is 0 Å². The van der Waals surface area contributed by atoms with E-state index in [4.69, 9.17) is 22.9 Å². The van der Waals surface area contributed by atoms with Crippen molar-refractivity contribution in [3.63, 3.8) is 0 Å². The van der Waals surface area contributed by atoms with Gasteiger partial charge in [0.05, 0.1) is 19.1 Å². The second kappa shape index (κ2) is 16.5. The van der Waals surface area contributed by atoms with Crippen molar-refractivity contribution in [2.45, 2.75) is 49.9 Å². The van der Waals surface area contributed by atoms with Crippen LogP contribution in [0, 0.1) is 0 Å². The van der Waals surface area contributed by atoms with E-state index in [-0.39, 0.29) is 25.3 Å². The summed E-state index contributed by atoms with van der Waals surface area (Å²) < 4.78 is 0. The van der Waals surface area contributed by atoms with Crippen LogP contribution in [0.25, 0.3) is 0 Å². The Labute approximate surface area is 200 Å². The molecule has 4 unspecified atom stereocenters. The Hall–Kier alpha value is -3.11. The Morgan fingerprint density at radius 1 is 0.912 bits per heavy atom. The van der Waals surface area contributed by atoms with Gasteiger partial charge < -0.3 is 49.1 Å². The summed E-state index contributed by atoms with van der Waals surface area (Å²) in [7, 11) is 0. The highest BCUT2D eigenvalue weighted by atomic mass is 32.2. The second-order valence-corrected chi connectivity index (χ2v) is 8.20. The largest absolute Gasteiger partial charge is 0.480 e. The zero-order valence-corrected chi connectivity index (χ0v) is 19.7. The number of carbonyl (C=O) groups is 5. The summed E-state index contributed by atoms with van der Waals surface area (Å²) in [6.45, 7) is -0.676. The fraction of sp³-hybridized carbons (Fsp3) is 0.667. The van der Waals surface area contributed by atoms with Crippen LogP contribution in [-0.4, -0.2) is 95.1 Å². The van der Waals surface area contributed by atoms with Gasteiger partial charge in [0.1, 0.15) is 18.1 Å². The molecule has 0 radical (unpaired) electrons. The minimum atomic E-state index is -1.62. The number of guanidine groups is 1. The fourth-order valence-electron chi connectivity index (χ4n) is 2.57. The van der Waals surface area contributed by atoms with Gasteiger partial charge in [-0.15, -0.1) is 0 Å². The van der Waals surface area contributed by atoms with Crippen molar-refractivity contribution in [1.82, 2.24) is 16.0 Å². The van der Waals surface area contributed by atoms with E-state index in [1.807, 2.05) is 6.26 Å². The van der Waals surface area contributed by atoms with Crippen molar-refractivity contribution in [2.75, 3.05) is 25.2 Å². The molecule has 0 aliphatic rings. The van der Waals surface area contributed by atoms with Gasteiger partial charge in [0.2, 0.25) is 23.6 Å². The molecule has 0 aromatic heterocycles. The topological polar surface area (TPSA) is 278 Å². The molecule has 0 rings (SSSR count). The number of amides is 4. The number of nitrogens with one attached hydrogen (secondary N) is 3. The molecule has 0 saturated heterocycles. The second-order valence-electron chi connectivity index (χ2n) is 7.21. The summed E-state index contributed by atoms with van der Waals surface area (Å²) in [5.74, 6) is -4.52. The number of hydrogen-bond donors (Lipinski definition) is 9. The quantitative estimate of drug-likeness (QED) is 0.0515. The monoisotopic (exact) mass is 506 g/mol. The minimum Gasteiger partial charge on any atom is -0.480 e. The standard InChI is InChI=1S/C18H34N8O7S/c1-34-6-4-9(19)14(29)26-12(8-27)16(31)24-10(3-2-5-23-18(21)22)15(30)25-11(17(32)33)7-13(20)28/h9-12,27H,2-8,19H2,1H3,(H2,20,28)(H,24,31)(H,25,30)(H,26,29)(H,32,33)(H4,21,22,23). The first-order valence-electron chi connectivity index (χ1n) is 10.3. The summed E-state index contributed by atoms with van der Waals surface area (Å²) >= 11 is 1.48. The average molecular weight is 507 g/mol. The van der Waals surface area contributed by atoms with Crippen LogP contribution >= 0.6 is 11.8 Å². The number of carbonyl (C=O) groups excluding carboxylic acids is 4. The first-order chi connectivity index (χ1) is 15.9. The smallest absolute Gasteiger partial charge is 0.326 e. The Kier molecular flexibility index (Phi) is 15.0. The number of aliphatic carboxylic acids is 1. The number of nitrogens with zero attached hydrogens (tertiary/aromatic N) is 1. The molecule has 0 spiro atoms. The van der Waals surface area contributed by atoms with Crippen LogP contribution in [0.4, 0.5) is 0 Å². The maximum Gasteiger partial charge on any atom is 0.326 e. The third kappa shape index (κ3) is 12.8. The molecule has 34 heavy (non-hydrogen) atoms. The van der Waals surface area contributed by atoms with E-state index in [0.717, 1.165) is 0 Å². The summed E-state index contributed by atoms with van der Waals surface area (Å²) in [6.07, 6.45) is 1.69. The fourth-order valence-corrected chi connectivity index (χ4v) is 3.06. The number of primary amides is 1. The molecule has 16 heteroatoms. The zero-order valence-electron chi connectivity index (χ0n) is 18.9. The molecule has 194 valence electrons. The lowest BCUT2D eigenvalue weighted by Gasteiger charge is -2.24. The number of thioether (sulfide) groups is 1. The Morgan fingerprint density at radius 3 is 1.97 bits per heavy atom. The molecule has 0 fully saturated rings. The van der Waals surface area contributed by atoms with Crippen LogP contribution < -0.4 is 38.9 Å². The highest BCUT2D eigenvalue weighted by molar-refractivity contribution is 7.98. The van der Waals surface area contributed by atoms with Gasteiger partial charge in [0.25, 0.3) is 0 Å². The highest BCUT2D eigenvalue weighted by Gasteiger charge is 2.30. The molecule has 0 aromatic carbocycles. The van der Waals surface area contributed by atoms with Gasteiger partial charge in [-0.2, -0.15) is 11.8 Å². The summed E-state index contributed by atoms with van der Waals surface area (Å²) in [4.78, 5) is 63.6. The molecule has 4 amide bonds. The lowest BCUT2D eigenvalue weighted by molar-refractivity contribution is -0.143. The van der Waals surface area contributed by atoms with Crippen molar-refractivity contribution >= 4 is 47.3 Å². The van der Waals surface area contributed by atoms with E-state index in [1.54, 1.807) is 0 Å². The van der Waals surface area contributed by atoms with E-state index in [2.05, 4.69) is 20.9 Å². The van der Waals surface area contributed by atoms with Gasteiger partial charge in [-0.3, -0.25) is 24.2 Å². The van der Waals surface area contributed by atoms with Gasteiger partial charge in [-0.25, -0.2) is 4.79 Å². The van der Waals surface area contributed by atoms with Gasteiger partial charge in [-0.1, -0.05) is 0 Å². The van der Waals surface area contributed by atoms with Gasteiger partial charge in [-0.05, 0) is 31.3 Å². The molecule has 0 aliphatic heterocycles. The van der Waals surface area contributed by atoms with Gasteiger partial charge in [0, 0.05) is 6.54 Å². The Morgan fingerprint density at radius 2 is 1.47 bits per heavy atom. The van der Waals surface area contributed by atoms with Crippen molar-refractivity contribution in [2.24, 2.45) is 27.9 Å². The van der Waals surface area contributed by atoms with Crippen molar-refractivity contribution in [1.29, 1.82) is 0 Å². The molecule has 13 N–H and O–H groups in total. The molecule has 0 heterocycles. The SMILES string of the molecule is CSCCC(N)C(=O)NC(CO)C(=O)NC(CCCN=C(N)N)C(=O)NC(CC(N)=O)C(=O)O. The molecular formula is C18H34N8O7S. The number of rotatable bonds is 17. The van der Waals surface area contributed by atoms with Crippen LogP contribution in [0.15, 0.2) is 4.99 Å². The molecule has 15 nitrogen and oxygen atoms in total. The molecule has 0 saturated carbocycles. The number of nitrogens with two attached hydrogens (primary N) is 4. The van der Waals surface area contributed by atoms with Crippen LogP contribution in [0.1, 0.15) is 25.7 Å². The average Bonchev–Trinajstić information content (AvgIpc) is 2.76. The predicted octanol–water partition coefficient (Wildman–Crippen LogP) is -4.47. The van der Waals surface area contributed by atoms with Crippen molar-refractivity contribution in [3.05, 3.63) is 0 Å². The van der Waals surface area contributed by atoms with Crippen LogP contribution in [0.2, 0.25) is 0 Å². The number of aliphatic imine (C=N–C) groups is 1. The number of aliphatic hydroxyl groups excluding tert-OH is 1. The zero-order chi connectivity index (χ0) is 26.3. The Balaban J connectivity index is 5.38. The number of hydrogen-bond acceptors (Lipinski definition) is 9. The molecule has 0 aliphatic carbocycles. The molecule has 4 atom stereocenters. The van der Waals surface area contributed by atoms with E-state index in [0.29, 0.717) is 12.2 Å². The highest BCUT2D eigenvalue weighted by Crippen LogP contribution is 2.03. The third-order valence-electron chi connectivity index (χ3n) is 4.38. The first kappa shape index (κ1) is 30.9. The molecular weight excluding hydrogens is 472 g/mol. The number of carboxylic acid groups (broad SMARTS) is 1. The number of carboxylic acids is 1. The van der Waals surface area contributed by atoms with Gasteiger partial charge in [0.15, 0.2) is 5.96 Å². The van der Waals surface area contributed by atoms with E-state index in [1.165, 1.54) is 11.8 Å². The predicted molar refractivity (Wildman–Crippen MR) is 125 cm³/mol. The molecule has 0 aromatic rings. The summed E-state index contributed by atoms with van der Waals surface area (Å²) in [6, 6.07) is -5.24. The normalized spacial score (nSPS) is 14.1. The van der Waals surface area contributed by atoms with Crippen LogP contribution in [-0.2, 0) is 24.0 Å². The Bertz CT molecular complexity index is 748. The van der Waals surface area contributed by atoms with Crippen LogP contribution in [0.5, 0.6) is 0 Å². The lowest BCUT2D eigenvalue weighted by atomic mass is 10.1. The summed E-state index contributed by atoms with van der Waals surface area (Å²) in [5, 5.41) is 25.5. The van der Waals surface area contributed by atoms with Crippen molar-refractivity contribution in [3.8, 4) is 0 Å². The van der Waals surface area contributed by atoms with Crippen LogP contribution in [0.3, 0.4) is 0 Å².